The molecule has 0 spiro atoms. The van der Waals surface area contributed by atoms with Crippen molar-refractivity contribution in [2.24, 2.45) is 22.2 Å². The van der Waals surface area contributed by atoms with Crippen molar-refractivity contribution in [2.45, 2.75) is 38.3 Å². The van der Waals surface area contributed by atoms with E-state index in [1.165, 1.54) is 6.92 Å². The van der Waals surface area contributed by atoms with Crippen LogP contribution in [0.5, 0.6) is 0 Å². The van der Waals surface area contributed by atoms with Crippen LogP contribution < -0.4 is 27.8 Å². The van der Waals surface area contributed by atoms with E-state index in [4.69, 9.17) is 17.2 Å². The van der Waals surface area contributed by atoms with Gasteiger partial charge >= 0.3 is 0 Å². The molecule has 10 heteroatoms. The average molecular weight is 401 g/mol. The number of nitrogens with two attached hydrogens (primary N) is 3. The number of carbonyl (C=O) groups excluding carboxylic acids is 3. The first-order valence-electron chi connectivity index (χ1n) is 9.25. The number of H-pyrrole nitrogens is 1. The van der Waals surface area contributed by atoms with Crippen molar-refractivity contribution in [1.29, 1.82) is 0 Å². The molecule has 0 bridgehead atoms. The number of benzene rings is 1. The van der Waals surface area contributed by atoms with Gasteiger partial charge in [0.1, 0.15) is 12.1 Å². The zero-order chi connectivity index (χ0) is 21.4. The highest BCUT2D eigenvalue weighted by atomic mass is 16.2. The Labute approximate surface area is 168 Å². The third kappa shape index (κ3) is 6.52. The largest absolute Gasteiger partial charge is 0.370 e. The van der Waals surface area contributed by atoms with E-state index in [-0.39, 0.29) is 24.7 Å². The Hall–Kier alpha value is -3.56. The van der Waals surface area contributed by atoms with Crippen LogP contribution in [0.4, 0.5) is 0 Å². The van der Waals surface area contributed by atoms with Gasteiger partial charge in [-0.1, -0.05) is 18.2 Å². The van der Waals surface area contributed by atoms with E-state index in [1.54, 1.807) is 6.20 Å². The van der Waals surface area contributed by atoms with Crippen molar-refractivity contribution in [2.75, 3.05) is 6.54 Å². The smallest absolute Gasteiger partial charge is 0.243 e. The highest BCUT2D eigenvalue weighted by molar-refractivity contribution is 5.92. The fraction of sp³-hybridized carbons (Fsp3) is 0.368. The molecule has 1 heterocycles. The van der Waals surface area contributed by atoms with Gasteiger partial charge in [0, 0.05) is 37.0 Å². The van der Waals surface area contributed by atoms with Crippen LogP contribution in [0, 0.1) is 0 Å². The molecule has 1 aromatic carbocycles. The highest BCUT2D eigenvalue weighted by Crippen LogP contribution is 2.19. The number of aromatic amines is 1. The SMILES string of the molecule is CC(=O)NC(Cc1c[nH]c2ccccc12)C(=O)NC(CCCN=C(N)N)C(N)=O. The molecule has 3 amide bonds. The third-order valence-electron chi connectivity index (χ3n) is 4.40. The molecule has 0 saturated carbocycles. The predicted molar refractivity (Wildman–Crippen MR) is 111 cm³/mol. The lowest BCUT2D eigenvalue weighted by Crippen LogP contribution is -2.53. The maximum atomic E-state index is 12.8. The van der Waals surface area contributed by atoms with E-state index < -0.39 is 23.9 Å². The van der Waals surface area contributed by atoms with Crippen LogP contribution in [0.1, 0.15) is 25.3 Å². The zero-order valence-corrected chi connectivity index (χ0v) is 16.3. The normalized spacial score (nSPS) is 12.7. The first-order valence-corrected chi connectivity index (χ1v) is 9.25. The van der Waals surface area contributed by atoms with Gasteiger partial charge in [-0.15, -0.1) is 0 Å². The van der Waals surface area contributed by atoms with Crippen molar-refractivity contribution >= 4 is 34.6 Å². The van der Waals surface area contributed by atoms with Crippen molar-refractivity contribution in [3.05, 3.63) is 36.0 Å². The number of hydrogen-bond acceptors (Lipinski definition) is 4. The van der Waals surface area contributed by atoms with E-state index in [1.807, 2.05) is 24.3 Å². The third-order valence-corrected chi connectivity index (χ3v) is 4.40. The molecule has 2 atom stereocenters. The van der Waals surface area contributed by atoms with E-state index in [2.05, 4.69) is 20.6 Å². The second-order valence-corrected chi connectivity index (χ2v) is 6.73. The Morgan fingerprint density at radius 2 is 1.83 bits per heavy atom. The lowest BCUT2D eigenvalue weighted by molar-refractivity contribution is -0.130. The molecular formula is C19H27N7O3. The minimum Gasteiger partial charge on any atom is -0.370 e. The second-order valence-electron chi connectivity index (χ2n) is 6.73. The number of nitrogens with one attached hydrogen (secondary N) is 3. The van der Waals surface area contributed by atoms with E-state index in [0.717, 1.165) is 16.5 Å². The molecule has 156 valence electrons. The Balaban J connectivity index is 2.09. The summed E-state index contributed by atoms with van der Waals surface area (Å²) in [6.07, 6.45) is 2.79. The molecule has 29 heavy (non-hydrogen) atoms. The zero-order valence-electron chi connectivity index (χ0n) is 16.3. The Kier molecular flexibility index (Phi) is 7.58. The molecule has 0 aliphatic carbocycles. The van der Waals surface area contributed by atoms with Crippen LogP contribution in [-0.2, 0) is 20.8 Å². The Morgan fingerprint density at radius 1 is 1.10 bits per heavy atom. The lowest BCUT2D eigenvalue weighted by atomic mass is 10.0. The summed E-state index contributed by atoms with van der Waals surface area (Å²) in [7, 11) is 0. The van der Waals surface area contributed by atoms with Crippen LogP contribution in [0.2, 0.25) is 0 Å². The summed E-state index contributed by atoms with van der Waals surface area (Å²) in [5.74, 6) is -1.56. The molecule has 2 unspecified atom stereocenters. The number of amides is 3. The quantitative estimate of drug-likeness (QED) is 0.173. The first-order chi connectivity index (χ1) is 13.8. The lowest BCUT2D eigenvalue weighted by Gasteiger charge is -2.21. The molecule has 0 radical (unpaired) electrons. The summed E-state index contributed by atoms with van der Waals surface area (Å²) in [6, 6.07) is 5.90. The number of fused-ring (bicyclic) bond motifs is 1. The number of primary amides is 1. The van der Waals surface area contributed by atoms with Crippen LogP contribution in [-0.4, -0.2) is 47.3 Å². The van der Waals surface area contributed by atoms with E-state index in [9.17, 15) is 14.4 Å². The summed E-state index contributed by atoms with van der Waals surface area (Å²) >= 11 is 0. The minimum absolute atomic E-state index is 0.0471. The Morgan fingerprint density at radius 3 is 2.48 bits per heavy atom. The van der Waals surface area contributed by atoms with E-state index >= 15 is 0 Å². The molecular weight excluding hydrogens is 374 g/mol. The fourth-order valence-electron chi connectivity index (χ4n) is 3.04. The second kappa shape index (κ2) is 10.1. The minimum atomic E-state index is -0.893. The number of rotatable bonds is 10. The Bertz CT molecular complexity index is 902. The number of guanidine groups is 1. The van der Waals surface area contributed by atoms with Crippen LogP contribution >= 0.6 is 0 Å². The first kappa shape index (κ1) is 21.7. The standard InChI is InChI=1S/C19H27N7O3/c1-11(27)25-16(9-12-10-24-14-6-3-2-5-13(12)14)18(29)26-15(17(20)28)7-4-8-23-19(21)22/h2-3,5-6,10,15-16,24H,4,7-9H2,1H3,(H2,20,28)(H,25,27)(H,26,29)(H4,21,22,23). The van der Waals surface area contributed by atoms with Gasteiger partial charge < -0.3 is 32.8 Å². The number of carbonyl (C=O) groups is 3. The molecule has 0 saturated heterocycles. The highest BCUT2D eigenvalue weighted by Gasteiger charge is 2.25. The van der Waals surface area contributed by atoms with Crippen molar-refractivity contribution in [1.82, 2.24) is 15.6 Å². The summed E-state index contributed by atoms with van der Waals surface area (Å²) < 4.78 is 0. The maximum Gasteiger partial charge on any atom is 0.243 e. The maximum absolute atomic E-state index is 12.8. The van der Waals surface area contributed by atoms with Crippen LogP contribution in [0.3, 0.4) is 0 Å². The number of aliphatic imine (C=N–C) groups is 1. The average Bonchev–Trinajstić information content (AvgIpc) is 3.06. The summed E-state index contributed by atoms with van der Waals surface area (Å²) in [4.78, 5) is 43.1. The summed E-state index contributed by atoms with van der Waals surface area (Å²) in [5, 5.41) is 6.22. The van der Waals surface area contributed by atoms with Crippen molar-refractivity contribution in [3.63, 3.8) is 0 Å². The van der Waals surface area contributed by atoms with Gasteiger partial charge in [0.15, 0.2) is 5.96 Å². The van der Waals surface area contributed by atoms with Crippen LogP contribution in [0.15, 0.2) is 35.5 Å². The molecule has 10 nitrogen and oxygen atoms in total. The molecule has 0 fully saturated rings. The van der Waals surface area contributed by atoms with Gasteiger partial charge in [-0.2, -0.15) is 0 Å². The number of aromatic nitrogens is 1. The fourth-order valence-corrected chi connectivity index (χ4v) is 3.04. The molecule has 1 aromatic heterocycles. The van der Waals surface area contributed by atoms with Gasteiger partial charge in [0.2, 0.25) is 17.7 Å². The van der Waals surface area contributed by atoms with Gasteiger partial charge in [-0.3, -0.25) is 19.4 Å². The van der Waals surface area contributed by atoms with Gasteiger partial charge in [-0.25, -0.2) is 0 Å². The van der Waals surface area contributed by atoms with Crippen molar-refractivity contribution in [3.8, 4) is 0 Å². The molecule has 2 aromatic rings. The molecule has 9 N–H and O–H groups in total. The number of para-hydroxylation sites is 1. The predicted octanol–water partition coefficient (Wildman–Crippen LogP) is -0.761. The van der Waals surface area contributed by atoms with Crippen LogP contribution in [0.25, 0.3) is 10.9 Å². The topological polar surface area (TPSA) is 181 Å². The van der Waals surface area contributed by atoms with E-state index in [0.29, 0.717) is 13.0 Å². The summed E-state index contributed by atoms with van der Waals surface area (Å²) in [6.45, 7) is 1.64. The molecule has 0 aliphatic rings. The van der Waals surface area contributed by atoms with Gasteiger partial charge in [0.05, 0.1) is 0 Å². The summed E-state index contributed by atoms with van der Waals surface area (Å²) in [5.41, 5.74) is 17.7. The molecule has 2 rings (SSSR count). The van der Waals surface area contributed by atoms with Gasteiger partial charge in [-0.05, 0) is 24.5 Å². The monoisotopic (exact) mass is 401 g/mol. The molecule has 0 aliphatic heterocycles. The van der Waals surface area contributed by atoms with Gasteiger partial charge in [0.25, 0.3) is 0 Å². The van der Waals surface area contributed by atoms with Crippen molar-refractivity contribution < 1.29 is 14.4 Å². The number of hydrogen-bond donors (Lipinski definition) is 6. The number of nitrogens with zero attached hydrogens (tertiary/aromatic N) is 1.